The van der Waals surface area contributed by atoms with Gasteiger partial charge in [-0.3, -0.25) is 19.7 Å². The number of alkyl carbamates (subject to hydrolysis) is 1. The fourth-order valence-electron chi connectivity index (χ4n) is 3.85. The lowest BCUT2D eigenvalue weighted by molar-refractivity contribution is -0.384. The van der Waals surface area contributed by atoms with Gasteiger partial charge >= 0.3 is 18.0 Å². The number of hydrogen-bond acceptors (Lipinski definition) is 9. The molecule has 2 amide bonds. The molecule has 12 nitrogen and oxygen atoms in total. The van der Waals surface area contributed by atoms with Gasteiger partial charge in [0.15, 0.2) is 0 Å². The molecule has 210 valence electrons. The van der Waals surface area contributed by atoms with Crippen LogP contribution in [0.3, 0.4) is 0 Å². The van der Waals surface area contributed by atoms with Crippen LogP contribution in [0.1, 0.15) is 43.7 Å². The van der Waals surface area contributed by atoms with Crippen molar-refractivity contribution in [3.8, 4) is 0 Å². The van der Waals surface area contributed by atoms with Crippen LogP contribution in [0.4, 0.5) is 10.5 Å². The average Bonchev–Trinajstić information content (AvgIpc) is 2.93. The summed E-state index contributed by atoms with van der Waals surface area (Å²) in [5.41, 5.74) is 0.929. The monoisotopic (exact) mass is 543 g/mol. The Balaban J connectivity index is 2.29. The number of methoxy groups -OCH3 is 2. The molecule has 0 aliphatic carbocycles. The average molecular weight is 544 g/mol. The van der Waals surface area contributed by atoms with Gasteiger partial charge in [0.2, 0.25) is 5.91 Å². The van der Waals surface area contributed by atoms with E-state index < -0.39 is 46.9 Å². The highest BCUT2D eigenvalue weighted by Gasteiger charge is 2.36. The van der Waals surface area contributed by atoms with Crippen molar-refractivity contribution >= 4 is 29.6 Å². The molecule has 0 bridgehead atoms. The van der Waals surface area contributed by atoms with Crippen LogP contribution in [0.5, 0.6) is 0 Å². The number of nitro benzene ring substituents is 1. The van der Waals surface area contributed by atoms with Crippen LogP contribution < -0.4 is 10.6 Å². The third-order valence-corrected chi connectivity index (χ3v) is 5.83. The summed E-state index contributed by atoms with van der Waals surface area (Å²) in [6.45, 7) is 3.70. The lowest BCUT2D eigenvalue weighted by atomic mass is 9.87. The quantitative estimate of drug-likeness (QED) is 0.167. The number of ether oxygens (including phenoxy) is 3. The van der Waals surface area contributed by atoms with E-state index in [1.165, 1.54) is 31.4 Å². The Kier molecular flexibility index (Phi) is 11.9. The normalized spacial score (nSPS) is 12.9. The number of rotatable bonds is 13. The van der Waals surface area contributed by atoms with Gasteiger partial charge in [-0.1, -0.05) is 56.3 Å². The van der Waals surface area contributed by atoms with E-state index in [1.807, 2.05) is 19.9 Å². The molecule has 0 aliphatic rings. The highest BCUT2D eigenvalue weighted by molar-refractivity contribution is 5.90. The largest absolute Gasteiger partial charge is 0.469 e. The number of carbonyl (C=O) groups excluding carboxylic acids is 4. The fourth-order valence-corrected chi connectivity index (χ4v) is 3.85. The Labute approximate surface area is 226 Å². The van der Waals surface area contributed by atoms with Crippen molar-refractivity contribution in [3.63, 3.8) is 0 Å². The standard InChI is InChI=1S/C27H33N3O9/c1-17(2)14-22(28-27(34)39-16-18-8-6-5-7-9-18)25(32)29-24(26(33)38-4)21(15-23(31)37-3)19-10-12-20(13-11-19)30(35)36/h5-13,17,21-22,24H,14-16H2,1-4H3,(H,28,34)(H,29,32)/t21-,22-,24-/m0/s1. The zero-order valence-electron chi connectivity index (χ0n) is 22.2. The molecule has 0 aromatic heterocycles. The first kappa shape index (κ1) is 30.7. The van der Waals surface area contributed by atoms with Crippen LogP contribution in [-0.4, -0.2) is 55.2 Å². The highest BCUT2D eigenvalue weighted by Crippen LogP contribution is 2.27. The predicted octanol–water partition coefficient (Wildman–Crippen LogP) is 3.24. The number of non-ortho nitro benzene ring substituents is 1. The molecule has 0 fully saturated rings. The second-order valence-corrected chi connectivity index (χ2v) is 9.13. The predicted molar refractivity (Wildman–Crippen MR) is 139 cm³/mol. The van der Waals surface area contributed by atoms with Crippen molar-refractivity contribution in [1.82, 2.24) is 10.6 Å². The maximum atomic E-state index is 13.4. The van der Waals surface area contributed by atoms with Gasteiger partial charge in [-0.25, -0.2) is 9.59 Å². The summed E-state index contributed by atoms with van der Waals surface area (Å²) < 4.78 is 14.9. The lowest BCUT2D eigenvalue weighted by Gasteiger charge is -2.28. The molecule has 0 radical (unpaired) electrons. The molecule has 0 heterocycles. The second-order valence-electron chi connectivity index (χ2n) is 9.13. The number of esters is 2. The zero-order valence-corrected chi connectivity index (χ0v) is 22.2. The van der Waals surface area contributed by atoms with Crippen molar-refractivity contribution in [3.05, 3.63) is 75.8 Å². The van der Waals surface area contributed by atoms with Crippen LogP contribution in [0, 0.1) is 16.0 Å². The molecule has 0 spiro atoms. The smallest absolute Gasteiger partial charge is 0.408 e. The molecule has 3 atom stereocenters. The van der Waals surface area contributed by atoms with Crippen LogP contribution in [0.15, 0.2) is 54.6 Å². The van der Waals surface area contributed by atoms with E-state index in [0.717, 1.165) is 12.7 Å². The number of amides is 2. The number of nitrogens with one attached hydrogen (secondary N) is 2. The van der Waals surface area contributed by atoms with Gasteiger partial charge in [-0.05, 0) is 23.5 Å². The third kappa shape index (κ3) is 9.72. The topological polar surface area (TPSA) is 163 Å². The van der Waals surface area contributed by atoms with Crippen molar-refractivity contribution < 1.29 is 38.3 Å². The van der Waals surface area contributed by atoms with Gasteiger partial charge < -0.3 is 24.8 Å². The van der Waals surface area contributed by atoms with E-state index >= 15 is 0 Å². The number of nitrogens with zero attached hydrogens (tertiary/aromatic N) is 1. The summed E-state index contributed by atoms with van der Waals surface area (Å²) in [6, 6.07) is 11.8. The van der Waals surface area contributed by atoms with Gasteiger partial charge in [0, 0.05) is 18.1 Å². The molecule has 0 saturated carbocycles. The molecular weight excluding hydrogens is 510 g/mol. The summed E-state index contributed by atoms with van der Waals surface area (Å²) >= 11 is 0. The van der Waals surface area contributed by atoms with Gasteiger partial charge in [0.25, 0.3) is 5.69 Å². The zero-order chi connectivity index (χ0) is 28.9. The van der Waals surface area contributed by atoms with E-state index in [0.29, 0.717) is 5.56 Å². The Bertz CT molecular complexity index is 1140. The highest BCUT2D eigenvalue weighted by atomic mass is 16.6. The van der Waals surface area contributed by atoms with E-state index in [9.17, 15) is 29.3 Å². The maximum absolute atomic E-state index is 13.4. The van der Waals surface area contributed by atoms with E-state index in [-0.39, 0.29) is 31.1 Å². The Morgan fingerprint density at radius 2 is 1.56 bits per heavy atom. The first-order valence-electron chi connectivity index (χ1n) is 12.2. The van der Waals surface area contributed by atoms with Crippen molar-refractivity contribution in [1.29, 1.82) is 0 Å². The summed E-state index contributed by atoms with van der Waals surface area (Å²) in [4.78, 5) is 61.4. The van der Waals surface area contributed by atoms with E-state index in [2.05, 4.69) is 10.6 Å². The minimum atomic E-state index is -1.38. The number of hydrogen-bond donors (Lipinski definition) is 2. The Hall–Kier alpha value is -4.48. The molecule has 0 aliphatic heterocycles. The fraction of sp³-hybridized carbons (Fsp3) is 0.407. The SMILES string of the molecule is COC(=O)C[C@@H](c1ccc([N+](=O)[O-])cc1)[C@H](NC(=O)[C@H](CC(C)C)NC(=O)OCc1ccccc1)C(=O)OC. The molecule has 12 heteroatoms. The molecule has 39 heavy (non-hydrogen) atoms. The summed E-state index contributed by atoms with van der Waals surface area (Å²) in [5, 5.41) is 16.2. The number of carbonyl (C=O) groups is 4. The van der Waals surface area contributed by atoms with Crippen molar-refractivity contribution in [2.75, 3.05) is 14.2 Å². The number of nitro groups is 1. The van der Waals surface area contributed by atoms with Gasteiger partial charge in [-0.15, -0.1) is 0 Å². The van der Waals surface area contributed by atoms with E-state index in [4.69, 9.17) is 14.2 Å². The van der Waals surface area contributed by atoms with E-state index in [1.54, 1.807) is 24.3 Å². The molecule has 0 saturated heterocycles. The molecule has 2 N–H and O–H groups in total. The summed E-state index contributed by atoms with van der Waals surface area (Å²) in [7, 11) is 2.29. The van der Waals surface area contributed by atoms with Gasteiger partial charge in [-0.2, -0.15) is 0 Å². The third-order valence-electron chi connectivity index (χ3n) is 5.83. The van der Waals surface area contributed by atoms with Gasteiger partial charge in [0.05, 0.1) is 25.6 Å². The lowest BCUT2D eigenvalue weighted by Crippen LogP contribution is -2.54. The number of benzene rings is 2. The van der Waals surface area contributed by atoms with Gasteiger partial charge in [0.1, 0.15) is 18.7 Å². The Morgan fingerprint density at radius 3 is 2.10 bits per heavy atom. The van der Waals surface area contributed by atoms with Crippen LogP contribution in [0.2, 0.25) is 0 Å². The molecular formula is C27H33N3O9. The first-order chi connectivity index (χ1) is 18.5. The first-order valence-corrected chi connectivity index (χ1v) is 12.2. The van der Waals surface area contributed by atoms with Crippen LogP contribution in [-0.2, 0) is 35.2 Å². The minimum Gasteiger partial charge on any atom is -0.469 e. The van der Waals surface area contributed by atoms with Crippen LogP contribution >= 0.6 is 0 Å². The Morgan fingerprint density at radius 1 is 0.923 bits per heavy atom. The van der Waals surface area contributed by atoms with Crippen LogP contribution in [0.25, 0.3) is 0 Å². The second kappa shape index (κ2) is 15.1. The molecule has 2 rings (SSSR count). The summed E-state index contributed by atoms with van der Waals surface area (Å²) in [5.74, 6) is -3.24. The minimum absolute atomic E-state index is 0.00514. The maximum Gasteiger partial charge on any atom is 0.408 e. The molecule has 2 aromatic rings. The summed E-state index contributed by atoms with van der Waals surface area (Å²) in [6.07, 6.45) is -0.939. The van der Waals surface area contributed by atoms with Crippen molar-refractivity contribution in [2.45, 2.75) is 51.3 Å². The van der Waals surface area contributed by atoms with Crippen molar-refractivity contribution in [2.24, 2.45) is 5.92 Å². The molecule has 2 aromatic carbocycles. The molecule has 0 unspecified atom stereocenters.